The van der Waals surface area contributed by atoms with Crippen molar-refractivity contribution in [1.29, 1.82) is 0 Å². The fraction of sp³-hybridized carbons (Fsp3) is 0.158. The summed E-state index contributed by atoms with van der Waals surface area (Å²) in [5.41, 5.74) is 4.45. The Balaban J connectivity index is 1.21. The van der Waals surface area contributed by atoms with Gasteiger partial charge < -0.3 is 24.8 Å². The van der Waals surface area contributed by atoms with Crippen LogP contribution in [0.1, 0.15) is 27.0 Å². The van der Waals surface area contributed by atoms with Crippen molar-refractivity contribution >= 4 is 23.1 Å². The molecule has 0 bridgehead atoms. The molecule has 228 valence electrons. The van der Waals surface area contributed by atoms with Crippen molar-refractivity contribution in [2.24, 2.45) is 0 Å². The Morgan fingerprint density at radius 3 is 2.13 bits per heavy atom. The summed E-state index contributed by atoms with van der Waals surface area (Å²) in [6, 6.07) is 40.6. The molecule has 0 unspecified atom stereocenters. The molecule has 0 fully saturated rings. The molecule has 5 aromatic rings. The Morgan fingerprint density at radius 1 is 0.778 bits per heavy atom. The summed E-state index contributed by atoms with van der Waals surface area (Å²) in [4.78, 5) is 27.6. The first kappa shape index (κ1) is 30.9. The monoisotopic (exact) mass is 600 g/mol. The molecule has 0 spiro atoms. The van der Waals surface area contributed by atoms with Crippen LogP contribution < -0.4 is 19.7 Å². The number of nitrogens with one attached hydrogen (secondary N) is 1. The number of nitrogens with zero attached hydrogens (tertiary/aromatic N) is 1. The number of carboxylic acid groups (broad SMARTS) is 1. The lowest BCUT2D eigenvalue weighted by molar-refractivity contribution is -0.137. The molecule has 1 atom stereocenters. The minimum absolute atomic E-state index is 0.168. The second-order valence-electron chi connectivity index (χ2n) is 10.5. The van der Waals surface area contributed by atoms with Gasteiger partial charge in [0.15, 0.2) is 5.78 Å². The Kier molecular flexibility index (Phi) is 10.5. The molecular weight excluding hydrogens is 564 g/mol. The molecule has 7 nitrogen and oxygen atoms in total. The number of hydrogen-bond donors (Lipinski definition) is 2. The third-order valence-electron chi connectivity index (χ3n) is 7.50. The SMILES string of the molecule is COc1ccccc1CN(CCOc1ccc(C[C@H](Nc2ccccc2C(=O)c2ccccc2)C(=O)O)cc1)c1ccccc1. The highest BCUT2D eigenvalue weighted by atomic mass is 16.5. The molecule has 5 rings (SSSR count). The molecule has 0 saturated carbocycles. The molecule has 0 saturated heterocycles. The van der Waals surface area contributed by atoms with E-state index < -0.39 is 12.0 Å². The van der Waals surface area contributed by atoms with E-state index in [0.717, 1.165) is 22.6 Å². The van der Waals surface area contributed by atoms with Crippen LogP contribution in [-0.4, -0.2) is 43.2 Å². The Labute approximate surface area is 263 Å². The van der Waals surface area contributed by atoms with Gasteiger partial charge in [0.05, 0.1) is 13.7 Å². The second-order valence-corrected chi connectivity index (χ2v) is 10.5. The van der Waals surface area contributed by atoms with Gasteiger partial charge >= 0.3 is 5.97 Å². The molecule has 45 heavy (non-hydrogen) atoms. The van der Waals surface area contributed by atoms with Crippen LogP contribution >= 0.6 is 0 Å². The fourth-order valence-electron chi connectivity index (χ4n) is 5.15. The van der Waals surface area contributed by atoms with Gasteiger partial charge in [-0.2, -0.15) is 0 Å². The van der Waals surface area contributed by atoms with E-state index in [1.165, 1.54) is 0 Å². The highest BCUT2D eigenvalue weighted by molar-refractivity contribution is 6.12. The molecule has 0 radical (unpaired) electrons. The number of ether oxygens (including phenoxy) is 2. The first-order valence-corrected chi connectivity index (χ1v) is 14.8. The van der Waals surface area contributed by atoms with Crippen molar-refractivity contribution < 1.29 is 24.2 Å². The van der Waals surface area contributed by atoms with Crippen LogP contribution in [0, 0.1) is 0 Å². The van der Waals surface area contributed by atoms with Crippen LogP contribution in [0.15, 0.2) is 133 Å². The van der Waals surface area contributed by atoms with Crippen LogP contribution in [0.2, 0.25) is 0 Å². The third-order valence-corrected chi connectivity index (χ3v) is 7.50. The maximum absolute atomic E-state index is 13.1. The summed E-state index contributed by atoms with van der Waals surface area (Å²) in [5, 5.41) is 13.1. The second kappa shape index (κ2) is 15.3. The average molecular weight is 601 g/mol. The number of ketones is 1. The minimum Gasteiger partial charge on any atom is -0.496 e. The molecule has 0 aromatic heterocycles. The van der Waals surface area contributed by atoms with Crippen molar-refractivity contribution in [3.8, 4) is 11.5 Å². The van der Waals surface area contributed by atoms with E-state index in [0.29, 0.717) is 42.3 Å². The standard InChI is InChI=1S/C38H36N2O5/c1-44-36-19-11-8-14-30(36)27-40(31-15-6-3-7-16-31)24-25-45-32-22-20-28(21-23-32)26-35(38(42)43)39-34-18-10-9-17-33(34)37(41)29-12-4-2-5-13-29/h2-23,35,39H,24-27H2,1H3,(H,42,43)/t35-/m0/s1. The number of para-hydroxylation sites is 3. The molecule has 0 aliphatic carbocycles. The topological polar surface area (TPSA) is 88.1 Å². The van der Waals surface area contributed by atoms with Crippen LogP contribution in [0.4, 0.5) is 11.4 Å². The van der Waals surface area contributed by atoms with Crippen LogP contribution in [0.25, 0.3) is 0 Å². The number of carboxylic acids is 1. The smallest absolute Gasteiger partial charge is 0.326 e. The highest BCUT2D eigenvalue weighted by Crippen LogP contribution is 2.24. The number of benzene rings is 5. The van der Waals surface area contributed by atoms with E-state index in [1.807, 2.05) is 66.7 Å². The Bertz CT molecular complexity index is 1690. The summed E-state index contributed by atoms with van der Waals surface area (Å²) in [6.07, 6.45) is 0.226. The van der Waals surface area contributed by atoms with Gasteiger partial charge in [0.1, 0.15) is 24.1 Å². The molecule has 0 aliphatic rings. The van der Waals surface area contributed by atoms with E-state index >= 15 is 0 Å². The number of aliphatic carboxylic acids is 1. The average Bonchev–Trinajstić information content (AvgIpc) is 3.09. The summed E-state index contributed by atoms with van der Waals surface area (Å²) in [6.45, 7) is 1.77. The first-order valence-electron chi connectivity index (χ1n) is 14.8. The van der Waals surface area contributed by atoms with Crippen LogP contribution in [-0.2, 0) is 17.8 Å². The third kappa shape index (κ3) is 8.30. The van der Waals surface area contributed by atoms with Gasteiger partial charge in [-0.1, -0.05) is 91.0 Å². The van der Waals surface area contributed by atoms with E-state index in [2.05, 4.69) is 28.4 Å². The molecule has 0 aliphatic heterocycles. The molecule has 5 aromatic carbocycles. The zero-order valence-electron chi connectivity index (χ0n) is 25.1. The number of anilines is 2. The zero-order valence-corrected chi connectivity index (χ0v) is 25.1. The fourth-order valence-corrected chi connectivity index (χ4v) is 5.15. The van der Waals surface area contributed by atoms with Crippen molar-refractivity contribution in [2.45, 2.75) is 19.0 Å². The number of hydrogen-bond acceptors (Lipinski definition) is 6. The summed E-state index contributed by atoms with van der Waals surface area (Å²) < 4.78 is 11.7. The Morgan fingerprint density at radius 2 is 1.42 bits per heavy atom. The highest BCUT2D eigenvalue weighted by Gasteiger charge is 2.21. The first-order chi connectivity index (χ1) is 22.0. The van der Waals surface area contributed by atoms with Gasteiger partial charge in [-0.25, -0.2) is 4.79 Å². The lowest BCUT2D eigenvalue weighted by atomic mass is 10.00. The lowest BCUT2D eigenvalue weighted by Gasteiger charge is -2.26. The van der Waals surface area contributed by atoms with E-state index in [1.54, 1.807) is 55.6 Å². The Hall–Kier alpha value is -5.56. The van der Waals surface area contributed by atoms with Crippen molar-refractivity contribution in [2.75, 3.05) is 30.5 Å². The molecule has 0 amide bonds. The van der Waals surface area contributed by atoms with Gasteiger partial charge in [-0.05, 0) is 48.0 Å². The van der Waals surface area contributed by atoms with Gasteiger partial charge in [-0.3, -0.25) is 4.79 Å². The van der Waals surface area contributed by atoms with Gasteiger partial charge in [0, 0.05) is 41.0 Å². The number of rotatable bonds is 15. The zero-order chi connectivity index (χ0) is 31.4. The van der Waals surface area contributed by atoms with Gasteiger partial charge in [0.25, 0.3) is 0 Å². The lowest BCUT2D eigenvalue weighted by Crippen LogP contribution is -2.32. The largest absolute Gasteiger partial charge is 0.496 e. The van der Waals surface area contributed by atoms with E-state index in [-0.39, 0.29) is 12.2 Å². The van der Waals surface area contributed by atoms with Crippen molar-refractivity contribution in [3.05, 3.63) is 156 Å². The molecular formula is C38H36N2O5. The van der Waals surface area contributed by atoms with Gasteiger partial charge in [-0.15, -0.1) is 0 Å². The predicted molar refractivity (Wildman–Crippen MR) is 177 cm³/mol. The van der Waals surface area contributed by atoms with Crippen LogP contribution in [0.3, 0.4) is 0 Å². The maximum Gasteiger partial charge on any atom is 0.326 e. The minimum atomic E-state index is -1.01. The van der Waals surface area contributed by atoms with Crippen molar-refractivity contribution in [1.82, 2.24) is 0 Å². The van der Waals surface area contributed by atoms with Crippen LogP contribution in [0.5, 0.6) is 11.5 Å². The summed E-state index contributed by atoms with van der Waals surface area (Å²) in [5.74, 6) is 0.365. The van der Waals surface area contributed by atoms with Crippen molar-refractivity contribution in [3.63, 3.8) is 0 Å². The quantitative estimate of drug-likeness (QED) is 0.124. The maximum atomic E-state index is 13.1. The molecule has 7 heteroatoms. The predicted octanol–water partition coefficient (Wildman–Crippen LogP) is 7.12. The normalized spacial score (nSPS) is 11.3. The summed E-state index contributed by atoms with van der Waals surface area (Å²) >= 11 is 0. The number of carbonyl (C=O) groups excluding carboxylic acids is 1. The van der Waals surface area contributed by atoms with E-state index in [4.69, 9.17) is 9.47 Å². The number of carbonyl (C=O) groups is 2. The number of methoxy groups -OCH3 is 1. The summed E-state index contributed by atoms with van der Waals surface area (Å²) in [7, 11) is 1.68. The van der Waals surface area contributed by atoms with E-state index in [9.17, 15) is 14.7 Å². The molecule has 2 N–H and O–H groups in total. The molecule has 0 heterocycles. The van der Waals surface area contributed by atoms with Gasteiger partial charge in [0.2, 0.25) is 0 Å².